The molecule has 0 saturated heterocycles. The van der Waals surface area contributed by atoms with Crippen molar-refractivity contribution in [3.05, 3.63) is 35.4 Å². The molecule has 0 aliphatic heterocycles. The summed E-state index contributed by atoms with van der Waals surface area (Å²) >= 11 is 0. The first-order valence-corrected chi connectivity index (χ1v) is 4.72. The molecule has 1 aromatic rings. The summed E-state index contributed by atoms with van der Waals surface area (Å²) in [4.78, 5) is 10.4. The Kier molecular flexibility index (Phi) is 4.39. The Balaban J connectivity index is 2.81. The van der Waals surface area contributed by atoms with Crippen molar-refractivity contribution in [2.24, 2.45) is 5.73 Å². The molecular formula is C12H13NO2. The standard InChI is InChI=1S/C12H13NO2/c13-9-3-6-10-4-1-2-5-11(10)7-8-12(14)15/h1-2,4-5H,7-9,13H2,(H,14,15). The van der Waals surface area contributed by atoms with Crippen LogP contribution in [0.5, 0.6) is 0 Å². The summed E-state index contributed by atoms with van der Waals surface area (Å²) in [5.74, 6) is 4.90. The maximum Gasteiger partial charge on any atom is 0.303 e. The monoisotopic (exact) mass is 203 g/mol. The maximum atomic E-state index is 10.4. The van der Waals surface area contributed by atoms with Crippen LogP contribution in [-0.2, 0) is 11.2 Å². The Labute approximate surface area is 88.9 Å². The van der Waals surface area contributed by atoms with E-state index in [2.05, 4.69) is 11.8 Å². The molecule has 0 atom stereocenters. The van der Waals surface area contributed by atoms with Gasteiger partial charge in [0.05, 0.1) is 6.54 Å². The van der Waals surface area contributed by atoms with Crippen molar-refractivity contribution in [1.82, 2.24) is 0 Å². The number of carboxylic acid groups (broad SMARTS) is 1. The van der Waals surface area contributed by atoms with Crippen molar-refractivity contribution in [2.45, 2.75) is 12.8 Å². The van der Waals surface area contributed by atoms with E-state index in [-0.39, 0.29) is 6.42 Å². The van der Waals surface area contributed by atoms with Crippen molar-refractivity contribution in [3.8, 4) is 11.8 Å². The van der Waals surface area contributed by atoms with Crippen molar-refractivity contribution in [1.29, 1.82) is 0 Å². The number of benzene rings is 1. The molecule has 0 aliphatic carbocycles. The van der Waals surface area contributed by atoms with E-state index in [9.17, 15) is 4.79 Å². The number of hydrogen-bond donors (Lipinski definition) is 2. The van der Waals surface area contributed by atoms with Crippen molar-refractivity contribution < 1.29 is 9.90 Å². The molecule has 3 N–H and O–H groups in total. The van der Waals surface area contributed by atoms with Gasteiger partial charge >= 0.3 is 5.97 Å². The Bertz CT molecular complexity index is 402. The lowest BCUT2D eigenvalue weighted by Crippen LogP contribution is -1.99. The first kappa shape index (κ1) is 11.3. The van der Waals surface area contributed by atoms with E-state index in [1.54, 1.807) is 0 Å². The molecule has 0 bridgehead atoms. The molecule has 3 nitrogen and oxygen atoms in total. The number of nitrogens with two attached hydrogens (primary N) is 1. The molecule has 0 fully saturated rings. The SMILES string of the molecule is NCC#Cc1ccccc1CCC(=O)O. The second kappa shape index (κ2) is 5.84. The van der Waals surface area contributed by atoms with E-state index in [0.717, 1.165) is 11.1 Å². The normalized spacial score (nSPS) is 9.13. The van der Waals surface area contributed by atoms with Crippen molar-refractivity contribution in [3.63, 3.8) is 0 Å². The number of aryl methyl sites for hydroxylation is 1. The van der Waals surface area contributed by atoms with E-state index in [4.69, 9.17) is 10.8 Å². The first-order valence-electron chi connectivity index (χ1n) is 4.72. The van der Waals surface area contributed by atoms with Crippen LogP contribution >= 0.6 is 0 Å². The molecule has 0 unspecified atom stereocenters. The molecule has 3 heteroatoms. The molecule has 0 saturated carbocycles. The zero-order valence-electron chi connectivity index (χ0n) is 8.36. The zero-order chi connectivity index (χ0) is 11.1. The first-order chi connectivity index (χ1) is 7.24. The molecule has 0 aliphatic rings. The van der Waals surface area contributed by atoms with Crippen LogP contribution in [0.4, 0.5) is 0 Å². The second-order valence-corrected chi connectivity index (χ2v) is 3.06. The lowest BCUT2D eigenvalue weighted by atomic mass is 10.0. The average Bonchev–Trinajstić information content (AvgIpc) is 2.24. The van der Waals surface area contributed by atoms with Crippen LogP contribution in [0.1, 0.15) is 17.5 Å². The maximum absolute atomic E-state index is 10.4. The van der Waals surface area contributed by atoms with Crippen LogP contribution in [0.15, 0.2) is 24.3 Å². The van der Waals surface area contributed by atoms with Gasteiger partial charge in [-0.1, -0.05) is 30.0 Å². The fourth-order valence-corrected chi connectivity index (χ4v) is 1.25. The largest absolute Gasteiger partial charge is 0.481 e. The third-order valence-corrected chi connectivity index (χ3v) is 1.95. The Morgan fingerprint density at radius 3 is 2.80 bits per heavy atom. The van der Waals surface area contributed by atoms with Crippen LogP contribution in [0.3, 0.4) is 0 Å². The average molecular weight is 203 g/mol. The van der Waals surface area contributed by atoms with Crippen LogP contribution < -0.4 is 5.73 Å². The van der Waals surface area contributed by atoms with Gasteiger partial charge in [0, 0.05) is 12.0 Å². The van der Waals surface area contributed by atoms with Gasteiger partial charge in [-0.2, -0.15) is 0 Å². The Morgan fingerprint density at radius 1 is 1.40 bits per heavy atom. The van der Waals surface area contributed by atoms with E-state index in [0.29, 0.717) is 13.0 Å². The number of hydrogen-bond acceptors (Lipinski definition) is 2. The topological polar surface area (TPSA) is 63.3 Å². The summed E-state index contributed by atoms with van der Waals surface area (Å²) in [6.07, 6.45) is 0.631. The Hall–Kier alpha value is -1.79. The lowest BCUT2D eigenvalue weighted by molar-refractivity contribution is -0.136. The lowest BCUT2D eigenvalue weighted by Gasteiger charge is -2.01. The van der Waals surface area contributed by atoms with Crippen LogP contribution in [0.25, 0.3) is 0 Å². The third-order valence-electron chi connectivity index (χ3n) is 1.95. The quantitative estimate of drug-likeness (QED) is 0.721. The molecule has 0 amide bonds. The van der Waals surface area contributed by atoms with Gasteiger partial charge in [-0.05, 0) is 18.1 Å². The molecule has 0 heterocycles. The summed E-state index contributed by atoms with van der Waals surface area (Å²) in [5, 5.41) is 8.59. The van der Waals surface area contributed by atoms with Crippen LogP contribution in [-0.4, -0.2) is 17.6 Å². The minimum absolute atomic E-state index is 0.126. The molecule has 0 spiro atoms. The minimum Gasteiger partial charge on any atom is -0.481 e. The third kappa shape index (κ3) is 3.84. The molecule has 15 heavy (non-hydrogen) atoms. The second-order valence-electron chi connectivity index (χ2n) is 3.06. The summed E-state index contributed by atoms with van der Waals surface area (Å²) in [6.45, 7) is 0.313. The highest BCUT2D eigenvalue weighted by Gasteiger charge is 2.02. The number of aliphatic carboxylic acids is 1. The molecule has 0 aromatic heterocycles. The fourth-order valence-electron chi connectivity index (χ4n) is 1.25. The van der Waals surface area contributed by atoms with Gasteiger partial charge in [0.2, 0.25) is 0 Å². The number of rotatable bonds is 3. The van der Waals surface area contributed by atoms with Gasteiger partial charge in [-0.3, -0.25) is 4.79 Å². The zero-order valence-corrected chi connectivity index (χ0v) is 8.36. The van der Waals surface area contributed by atoms with Gasteiger partial charge in [-0.15, -0.1) is 0 Å². The van der Waals surface area contributed by atoms with Crippen molar-refractivity contribution >= 4 is 5.97 Å². The molecule has 1 rings (SSSR count). The number of carboxylic acids is 1. The minimum atomic E-state index is -0.795. The smallest absolute Gasteiger partial charge is 0.303 e. The van der Waals surface area contributed by atoms with E-state index < -0.39 is 5.97 Å². The predicted octanol–water partition coefficient (Wildman–Crippen LogP) is 1.01. The highest BCUT2D eigenvalue weighted by molar-refractivity contribution is 5.67. The fraction of sp³-hybridized carbons (Fsp3) is 0.250. The molecule has 78 valence electrons. The summed E-state index contributed by atoms with van der Waals surface area (Å²) in [6, 6.07) is 7.53. The van der Waals surface area contributed by atoms with Gasteiger partial charge in [-0.25, -0.2) is 0 Å². The van der Waals surface area contributed by atoms with E-state index in [1.165, 1.54) is 0 Å². The summed E-state index contributed by atoms with van der Waals surface area (Å²) in [5.41, 5.74) is 7.11. The van der Waals surface area contributed by atoms with Gasteiger partial charge in [0.15, 0.2) is 0 Å². The van der Waals surface area contributed by atoms with E-state index in [1.807, 2.05) is 24.3 Å². The predicted molar refractivity (Wildman–Crippen MR) is 58.3 cm³/mol. The van der Waals surface area contributed by atoms with Gasteiger partial charge in [0.1, 0.15) is 0 Å². The van der Waals surface area contributed by atoms with Gasteiger partial charge < -0.3 is 10.8 Å². The van der Waals surface area contributed by atoms with Gasteiger partial charge in [0.25, 0.3) is 0 Å². The molecular weight excluding hydrogens is 190 g/mol. The van der Waals surface area contributed by atoms with Crippen molar-refractivity contribution in [2.75, 3.05) is 6.54 Å². The van der Waals surface area contributed by atoms with E-state index >= 15 is 0 Å². The highest BCUT2D eigenvalue weighted by atomic mass is 16.4. The summed E-state index contributed by atoms with van der Waals surface area (Å²) in [7, 11) is 0. The van der Waals surface area contributed by atoms with Crippen LogP contribution in [0, 0.1) is 11.8 Å². The van der Waals surface area contributed by atoms with Crippen LogP contribution in [0.2, 0.25) is 0 Å². The number of carbonyl (C=O) groups is 1. The summed E-state index contributed by atoms with van der Waals surface area (Å²) < 4.78 is 0. The Morgan fingerprint density at radius 2 is 2.13 bits per heavy atom. The highest BCUT2D eigenvalue weighted by Crippen LogP contribution is 2.09. The molecule has 1 aromatic carbocycles. The molecule has 0 radical (unpaired) electrons.